The summed E-state index contributed by atoms with van der Waals surface area (Å²) in [5, 5.41) is 0. The average Bonchev–Trinajstić information content (AvgIpc) is 2.81. The topological polar surface area (TPSA) is 86.2 Å². The van der Waals surface area contributed by atoms with Crippen LogP contribution in [0.3, 0.4) is 0 Å². The summed E-state index contributed by atoms with van der Waals surface area (Å²) in [7, 11) is 0. The van der Waals surface area contributed by atoms with Crippen molar-refractivity contribution in [2.45, 2.75) is 12.8 Å². The minimum atomic E-state index is -0.373. The van der Waals surface area contributed by atoms with Crippen molar-refractivity contribution in [1.82, 2.24) is 0 Å². The van der Waals surface area contributed by atoms with Crippen LogP contribution in [0.1, 0.15) is 12.8 Å². The van der Waals surface area contributed by atoms with Gasteiger partial charge in [0.05, 0.1) is 11.8 Å². The molecule has 0 radical (unpaired) electrons. The maximum atomic E-state index is 11.4. The molecule has 15 heavy (non-hydrogen) atoms. The van der Waals surface area contributed by atoms with E-state index >= 15 is 0 Å². The van der Waals surface area contributed by atoms with Crippen molar-refractivity contribution in [1.29, 1.82) is 0 Å². The fourth-order valence-corrected chi connectivity index (χ4v) is 3.77. The summed E-state index contributed by atoms with van der Waals surface area (Å²) >= 11 is 0. The number of amides is 2. The summed E-state index contributed by atoms with van der Waals surface area (Å²) in [4.78, 5) is 22.8. The van der Waals surface area contributed by atoms with E-state index in [9.17, 15) is 9.59 Å². The first-order valence-corrected chi connectivity index (χ1v) is 5.35. The number of hydrogen-bond acceptors (Lipinski definition) is 2. The summed E-state index contributed by atoms with van der Waals surface area (Å²) in [5.41, 5.74) is 10.9. The smallest absolute Gasteiger partial charge is 0.221 e. The Kier molecular flexibility index (Phi) is 1.45. The fourth-order valence-electron chi connectivity index (χ4n) is 3.77. The van der Waals surface area contributed by atoms with Crippen molar-refractivity contribution in [3.63, 3.8) is 0 Å². The van der Waals surface area contributed by atoms with Gasteiger partial charge in [0, 0.05) is 0 Å². The van der Waals surface area contributed by atoms with Crippen LogP contribution in [0.5, 0.6) is 0 Å². The van der Waals surface area contributed by atoms with Gasteiger partial charge in [-0.15, -0.1) is 0 Å². The Morgan fingerprint density at radius 2 is 1.40 bits per heavy atom. The Morgan fingerprint density at radius 1 is 1.00 bits per heavy atom. The second-order valence-corrected chi connectivity index (χ2v) is 5.03. The zero-order chi connectivity index (χ0) is 10.8. The van der Waals surface area contributed by atoms with E-state index in [1.165, 1.54) is 0 Å². The number of nitrogens with two attached hydrogens (primary N) is 2. The van der Waals surface area contributed by atoms with Crippen LogP contribution >= 0.6 is 0 Å². The minimum absolute atomic E-state index is 0.164. The van der Waals surface area contributed by atoms with Gasteiger partial charge in [-0.2, -0.15) is 0 Å². The maximum absolute atomic E-state index is 11.4. The fraction of sp³-hybridized carbons (Fsp3) is 0.636. The van der Waals surface area contributed by atoms with Gasteiger partial charge in [-0.25, -0.2) is 0 Å². The van der Waals surface area contributed by atoms with Gasteiger partial charge < -0.3 is 11.5 Å². The van der Waals surface area contributed by atoms with Crippen LogP contribution in [-0.4, -0.2) is 11.8 Å². The van der Waals surface area contributed by atoms with Gasteiger partial charge in [0.25, 0.3) is 0 Å². The molecule has 2 bridgehead atoms. The van der Waals surface area contributed by atoms with Gasteiger partial charge in [-0.05, 0) is 30.1 Å². The maximum Gasteiger partial charge on any atom is 0.221 e. The summed E-state index contributed by atoms with van der Waals surface area (Å²) in [6.07, 6.45) is 6.32. The molecule has 3 rings (SSSR count). The molecule has 2 amide bonds. The quantitative estimate of drug-likeness (QED) is 0.612. The number of allylic oxidation sites excluding steroid dienone is 2. The Morgan fingerprint density at radius 3 is 1.67 bits per heavy atom. The number of carbonyl (C=O) groups is 2. The highest BCUT2D eigenvalue weighted by molar-refractivity contribution is 5.88. The molecule has 2 fully saturated rings. The van der Waals surface area contributed by atoms with Gasteiger partial charge in [0.15, 0.2) is 0 Å². The molecule has 4 N–H and O–H groups in total. The minimum Gasteiger partial charge on any atom is -0.369 e. The molecule has 4 nitrogen and oxygen atoms in total. The second-order valence-electron chi connectivity index (χ2n) is 5.03. The number of primary amides is 2. The Balaban J connectivity index is 2.05. The van der Waals surface area contributed by atoms with Gasteiger partial charge in [0.2, 0.25) is 11.8 Å². The molecule has 3 aliphatic carbocycles. The number of hydrogen-bond donors (Lipinski definition) is 2. The number of carbonyl (C=O) groups excluding carboxylic acids is 2. The molecule has 80 valence electrons. The predicted octanol–water partition coefficient (Wildman–Crippen LogP) is -0.215. The predicted molar refractivity (Wildman–Crippen MR) is 53.2 cm³/mol. The highest BCUT2D eigenvalue weighted by Gasteiger charge is 2.69. The van der Waals surface area contributed by atoms with E-state index in [4.69, 9.17) is 11.5 Å². The van der Waals surface area contributed by atoms with E-state index < -0.39 is 0 Å². The molecule has 4 unspecified atom stereocenters. The molecular formula is C11H14N2O2. The van der Waals surface area contributed by atoms with E-state index in [1.54, 1.807) is 0 Å². The van der Waals surface area contributed by atoms with E-state index in [1.807, 2.05) is 0 Å². The van der Waals surface area contributed by atoms with Crippen molar-refractivity contribution in [3.8, 4) is 0 Å². The van der Waals surface area contributed by atoms with Crippen LogP contribution in [-0.2, 0) is 9.59 Å². The SMILES string of the molecule is NC(=O)C1C(C(N)=O)C2C=CC1C21CC1. The van der Waals surface area contributed by atoms with Crippen molar-refractivity contribution in [2.75, 3.05) is 0 Å². The molecule has 0 saturated heterocycles. The molecule has 2 saturated carbocycles. The molecule has 0 aromatic rings. The molecule has 0 aliphatic heterocycles. The Bertz CT molecular complexity index is 352. The van der Waals surface area contributed by atoms with Gasteiger partial charge in [0.1, 0.15) is 0 Å². The lowest BCUT2D eigenvalue weighted by Gasteiger charge is -2.21. The average molecular weight is 206 g/mol. The van der Waals surface area contributed by atoms with E-state index in [-0.39, 0.29) is 40.9 Å². The molecule has 4 atom stereocenters. The lowest BCUT2D eigenvalue weighted by Crippen LogP contribution is -2.39. The molecule has 0 aromatic carbocycles. The van der Waals surface area contributed by atoms with Crippen LogP contribution in [0.25, 0.3) is 0 Å². The molecular weight excluding hydrogens is 192 g/mol. The molecule has 1 spiro atoms. The standard InChI is InChI=1S/C11H14N2O2/c12-9(14)7-5-1-2-6(8(7)10(13)15)11(5)3-4-11/h1-2,5-8H,3-4H2,(H2,12,14)(H2,13,15). The van der Waals surface area contributed by atoms with Crippen LogP contribution in [0.2, 0.25) is 0 Å². The van der Waals surface area contributed by atoms with Crippen molar-refractivity contribution in [3.05, 3.63) is 12.2 Å². The Hall–Kier alpha value is -1.32. The molecule has 3 aliphatic rings. The van der Waals surface area contributed by atoms with Gasteiger partial charge >= 0.3 is 0 Å². The lowest BCUT2D eigenvalue weighted by molar-refractivity contribution is -0.131. The molecule has 0 aromatic heterocycles. The van der Waals surface area contributed by atoms with Crippen molar-refractivity contribution < 1.29 is 9.59 Å². The molecule has 4 heteroatoms. The zero-order valence-corrected chi connectivity index (χ0v) is 8.35. The van der Waals surface area contributed by atoms with Crippen LogP contribution < -0.4 is 11.5 Å². The van der Waals surface area contributed by atoms with E-state index in [0.29, 0.717) is 0 Å². The zero-order valence-electron chi connectivity index (χ0n) is 8.35. The summed E-state index contributed by atoms with van der Waals surface area (Å²) < 4.78 is 0. The highest BCUT2D eigenvalue weighted by Crippen LogP contribution is 2.71. The molecule has 0 heterocycles. The first kappa shape index (κ1) is 8.95. The third-order valence-corrected chi connectivity index (χ3v) is 4.50. The third kappa shape index (κ3) is 0.874. The lowest BCUT2D eigenvalue weighted by atomic mass is 9.82. The first-order chi connectivity index (χ1) is 7.08. The van der Waals surface area contributed by atoms with Crippen molar-refractivity contribution in [2.24, 2.45) is 40.6 Å². The first-order valence-electron chi connectivity index (χ1n) is 5.35. The summed E-state index contributed by atoms with van der Waals surface area (Å²) in [5.74, 6) is -1.14. The third-order valence-electron chi connectivity index (χ3n) is 4.50. The highest BCUT2D eigenvalue weighted by atomic mass is 16.2. The van der Waals surface area contributed by atoms with Crippen LogP contribution in [0.4, 0.5) is 0 Å². The van der Waals surface area contributed by atoms with Gasteiger partial charge in [-0.1, -0.05) is 12.2 Å². The van der Waals surface area contributed by atoms with Crippen LogP contribution in [0.15, 0.2) is 12.2 Å². The van der Waals surface area contributed by atoms with E-state index in [2.05, 4.69) is 12.2 Å². The Labute approximate surface area is 87.7 Å². The largest absolute Gasteiger partial charge is 0.369 e. The monoisotopic (exact) mass is 206 g/mol. The summed E-state index contributed by atoms with van der Waals surface area (Å²) in [6, 6.07) is 0. The number of rotatable bonds is 2. The van der Waals surface area contributed by atoms with Crippen molar-refractivity contribution >= 4 is 11.8 Å². The van der Waals surface area contributed by atoms with Gasteiger partial charge in [-0.3, -0.25) is 9.59 Å². The summed E-state index contributed by atoms with van der Waals surface area (Å²) in [6.45, 7) is 0. The second kappa shape index (κ2) is 2.43. The van der Waals surface area contributed by atoms with E-state index in [0.717, 1.165) is 12.8 Å². The van der Waals surface area contributed by atoms with Crippen LogP contribution in [0, 0.1) is 29.1 Å². The normalized spacial score (nSPS) is 43.5.